The number of carboxylic acid groups (broad SMARTS) is 1. The summed E-state index contributed by atoms with van der Waals surface area (Å²) in [6.07, 6.45) is 4.39. The van der Waals surface area contributed by atoms with E-state index >= 15 is 0 Å². The second kappa shape index (κ2) is 11.7. The Kier molecular flexibility index (Phi) is 8.46. The summed E-state index contributed by atoms with van der Waals surface area (Å²) in [5.41, 5.74) is 3.73. The molecule has 2 aromatic carbocycles. The number of hydrogen-bond acceptors (Lipinski definition) is 5. The lowest BCUT2D eigenvalue weighted by Gasteiger charge is -2.17. The minimum absolute atomic E-state index is 0.0690. The molecule has 0 aliphatic heterocycles. The molecule has 4 aromatic rings. The fourth-order valence-electron chi connectivity index (χ4n) is 3.65. The molecule has 0 aliphatic rings. The number of pyridine rings is 1. The zero-order chi connectivity index (χ0) is 25.7. The van der Waals surface area contributed by atoms with Crippen molar-refractivity contribution in [1.29, 1.82) is 0 Å². The Labute approximate surface area is 223 Å². The van der Waals surface area contributed by atoms with Gasteiger partial charge in [-0.25, -0.2) is 9.78 Å². The third kappa shape index (κ3) is 6.55. The molecule has 0 saturated carbocycles. The highest BCUT2D eigenvalue weighted by atomic mass is 35.5. The molecule has 4 rings (SSSR count). The fraction of sp³-hybridized carbons (Fsp3) is 0.179. The third-order valence-corrected chi connectivity index (χ3v) is 8.35. The van der Waals surface area contributed by atoms with E-state index in [1.165, 1.54) is 11.3 Å². The Bertz CT molecular complexity index is 1430. The molecule has 0 fully saturated rings. The van der Waals surface area contributed by atoms with E-state index in [-0.39, 0.29) is 11.2 Å². The fourth-order valence-corrected chi connectivity index (χ4v) is 6.13. The quantitative estimate of drug-likeness (QED) is 0.246. The Morgan fingerprint density at radius 1 is 1.08 bits per heavy atom. The summed E-state index contributed by atoms with van der Waals surface area (Å²) in [6, 6.07) is 21.3. The van der Waals surface area contributed by atoms with Gasteiger partial charge in [0.1, 0.15) is 4.88 Å². The molecule has 8 heteroatoms. The largest absolute Gasteiger partial charge is 0.477 e. The number of thioether (sulfide) groups is 1. The van der Waals surface area contributed by atoms with Crippen molar-refractivity contribution in [3.8, 4) is 0 Å². The van der Waals surface area contributed by atoms with Crippen molar-refractivity contribution in [2.75, 3.05) is 19.8 Å². The van der Waals surface area contributed by atoms with Crippen molar-refractivity contribution >= 4 is 69.6 Å². The average Bonchev–Trinajstić information content (AvgIpc) is 3.35. The number of nitrogens with zero attached hydrogens (tertiary/aromatic N) is 2. The number of aromatic nitrogens is 1. The number of carbonyl (C=O) groups is 2. The summed E-state index contributed by atoms with van der Waals surface area (Å²) in [4.78, 5) is 31.1. The van der Waals surface area contributed by atoms with E-state index in [9.17, 15) is 14.7 Å². The first-order valence-corrected chi connectivity index (χ1v) is 13.5. The van der Waals surface area contributed by atoms with Crippen LogP contribution in [0.15, 0.2) is 66.7 Å². The highest BCUT2D eigenvalue weighted by Gasteiger charge is 2.20. The van der Waals surface area contributed by atoms with Crippen LogP contribution >= 0.6 is 34.7 Å². The Hall–Kier alpha value is -3.13. The van der Waals surface area contributed by atoms with Crippen molar-refractivity contribution in [3.63, 3.8) is 0 Å². The minimum Gasteiger partial charge on any atom is -0.477 e. The van der Waals surface area contributed by atoms with Gasteiger partial charge in [-0.1, -0.05) is 54.1 Å². The van der Waals surface area contributed by atoms with Crippen molar-refractivity contribution in [2.24, 2.45) is 0 Å². The van der Waals surface area contributed by atoms with E-state index in [0.29, 0.717) is 22.1 Å². The minimum atomic E-state index is -0.932. The molecule has 184 valence electrons. The maximum absolute atomic E-state index is 12.1. The molecule has 5 nitrogen and oxygen atoms in total. The van der Waals surface area contributed by atoms with Gasteiger partial charge >= 0.3 is 5.97 Å². The predicted molar refractivity (Wildman–Crippen MR) is 151 cm³/mol. The Balaban J connectivity index is 1.58. The predicted octanol–water partition coefficient (Wildman–Crippen LogP) is 7.12. The average molecular weight is 537 g/mol. The van der Waals surface area contributed by atoms with Crippen molar-refractivity contribution in [3.05, 3.63) is 98.3 Å². The Morgan fingerprint density at radius 3 is 2.64 bits per heavy atom. The summed E-state index contributed by atoms with van der Waals surface area (Å²) in [7, 11) is 3.50. The second-order valence-corrected chi connectivity index (χ2v) is 11.1. The van der Waals surface area contributed by atoms with E-state index < -0.39 is 5.97 Å². The van der Waals surface area contributed by atoms with E-state index in [1.807, 2.05) is 66.7 Å². The first-order chi connectivity index (χ1) is 17.3. The molecule has 1 unspecified atom stereocenters. The molecular formula is C28H25ClN2O3S2. The van der Waals surface area contributed by atoms with E-state index in [2.05, 4.69) is 11.1 Å². The standard InChI is InChI=1S/C28H25ClN2O3S2/c1-31(2)26(32)14-15-35-27(24-12-13-25(36-24)28(33)34)20-5-3-4-18(16-20)6-10-22-11-8-19-7-9-21(29)17-23(19)30-22/h3-13,16-17,27H,14-15H2,1-2H3,(H,33,34)/b10-6+. The number of benzene rings is 2. The van der Waals surface area contributed by atoms with Crippen LogP contribution in [0.4, 0.5) is 0 Å². The van der Waals surface area contributed by atoms with Gasteiger partial charge in [-0.3, -0.25) is 4.79 Å². The molecule has 0 spiro atoms. The number of carboxylic acids is 1. The van der Waals surface area contributed by atoms with Crippen LogP contribution in [-0.2, 0) is 4.79 Å². The number of hydrogen-bond donors (Lipinski definition) is 1. The van der Waals surface area contributed by atoms with Gasteiger partial charge in [-0.2, -0.15) is 0 Å². The molecule has 2 aromatic heterocycles. The summed E-state index contributed by atoms with van der Waals surface area (Å²) < 4.78 is 0. The lowest BCUT2D eigenvalue weighted by molar-refractivity contribution is -0.128. The lowest BCUT2D eigenvalue weighted by Crippen LogP contribution is -2.21. The van der Waals surface area contributed by atoms with Gasteiger partial charge < -0.3 is 10.0 Å². The molecular weight excluding hydrogens is 512 g/mol. The van der Waals surface area contributed by atoms with Crippen LogP contribution in [0.1, 0.15) is 43.0 Å². The highest BCUT2D eigenvalue weighted by molar-refractivity contribution is 7.99. The van der Waals surface area contributed by atoms with Crippen LogP contribution in [0.25, 0.3) is 23.1 Å². The number of carbonyl (C=O) groups excluding carboxylic acids is 1. The van der Waals surface area contributed by atoms with Gasteiger partial charge in [0.25, 0.3) is 0 Å². The monoisotopic (exact) mass is 536 g/mol. The van der Waals surface area contributed by atoms with Crippen LogP contribution in [0.2, 0.25) is 5.02 Å². The number of halogens is 1. The molecule has 36 heavy (non-hydrogen) atoms. The first kappa shape index (κ1) is 25.9. The topological polar surface area (TPSA) is 70.5 Å². The number of thiophene rings is 1. The van der Waals surface area contributed by atoms with Gasteiger partial charge in [-0.05, 0) is 47.5 Å². The maximum Gasteiger partial charge on any atom is 0.345 e. The van der Waals surface area contributed by atoms with Crippen LogP contribution in [0.5, 0.6) is 0 Å². The van der Waals surface area contributed by atoms with Crippen molar-refractivity contribution < 1.29 is 14.7 Å². The molecule has 1 N–H and O–H groups in total. The zero-order valence-corrected chi connectivity index (χ0v) is 22.2. The van der Waals surface area contributed by atoms with Gasteiger partial charge in [-0.15, -0.1) is 23.1 Å². The highest BCUT2D eigenvalue weighted by Crippen LogP contribution is 2.40. The number of amides is 1. The molecule has 1 atom stereocenters. The van der Waals surface area contributed by atoms with Crippen LogP contribution in [-0.4, -0.2) is 46.7 Å². The summed E-state index contributed by atoms with van der Waals surface area (Å²) >= 11 is 9.03. The third-order valence-electron chi connectivity index (χ3n) is 5.53. The van der Waals surface area contributed by atoms with Gasteiger partial charge in [0.05, 0.1) is 16.5 Å². The van der Waals surface area contributed by atoms with Crippen LogP contribution in [0.3, 0.4) is 0 Å². The number of fused-ring (bicyclic) bond motifs is 1. The second-order valence-electron chi connectivity index (χ2n) is 8.37. The smallest absolute Gasteiger partial charge is 0.345 e. The van der Waals surface area contributed by atoms with Crippen molar-refractivity contribution in [2.45, 2.75) is 11.7 Å². The molecule has 0 radical (unpaired) electrons. The summed E-state index contributed by atoms with van der Waals surface area (Å²) in [5.74, 6) is -0.232. The maximum atomic E-state index is 12.1. The van der Waals surface area contributed by atoms with Crippen LogP contribution < -0.4 is 0 Å². The Morgan fingerprint density at radius 2 is 1.89 bits per heavy atom. The molecule has 0 saturated heterocycles. The van der Waals surface area contributed by atoms with E-state index in [0.717, 1.165) is 32.6 Å². The van der Waals surface area contributed by atoms with Gasteiger partial charge in [0.2, 0.25) is 5.91 Å². The van der Waals surface area contributed by atoms with Gasteiger partial charge in [0.15, 0.2) is 0 Å². The van der Waals surface area contributed by atoms with Crippen molar-refractivity contribution in [1.82, 2.24) is 9.88 Å². The van der Waals surface area contributed by atoms with E-state index in [1.54, 1.807) is 36.8 Å². The number of rotatable bonds is 9. The van der Waals surface area contributed by atoms with Crippen LogP contribution in [0, 0.1) is 0 Å². The first-order valence-electron chi connectivity index (χ1n) is 11.3. The molecule has 1 amide bonds. The summed E-state index contributed by atoms with van der Waals surface area (Å²) in [6.45, 7) is 0. The zero-order valence-electron chi connectivity index (χ0n) is 19.8. The SMILES string of the molecule is CN(C)C(=O)CCSC(c1cccc(/C=C/c2ccc3ccc(Cl)cc3n2)c1)c1ccc(C(=O)O)s1. The molecule has 0 aliphatic carbocycles. The van der Waals surface area contributed by atoms with E-state index in [4.69, 9.17) is 11.6 Å². The lowest BCUT2D eigenvalue weighted by atomic mass is 10.1. The van der Waals surface area contributed by atoms with Gasteiger partial charge in [0, 0.05) is 41.6 Å². The number of aromatic carboxylic acids is 1. The molecule has 2 heterocycles. The summed E-state index contributed by atoms with van der Waals surface area (Å²) in [5, 5.41) is 11.0. The molecule has 0 bridgehead atoms. The normalized spacial score (nSPS) is 12.2.